The van der Waals surface area contributed by atoms with E-state index in [9.17, 15) is 10.5 Å². The average molecular weight is 455 g/mol. The van der Waals surface area contributed by atoms with Gasteiger partial charge in [-0.3, -0.25) is 0 Å². The third-order valence-corrected chi connectivity index (χ3v) is 6.46. The number of rotatable bonds is 3. The molecule has 7 heteroatoms. The summed E-state index contributed by atoms with van der Waals surface area (Å²) in [7, 11) is 0. The average Bonchev–Trinajstić information content (AvgIpc) is 2.67. The highest BCUT2D eigenvalue weighted by Crippen LogP contribution is 2.45. The number of hydrogen-bond acceptors (Lipinski definition) is 6. The van der Waals surface area contributed by atoms with Crippen LogP contribution in [0.5, 0.6) is 0 Å². The van der Waals surface area contributed by atoms with Crippen molar-refractivity contribution >= 4 is 44.4 Å². The molecule has 2 aromatic rings. The van der Waals surface area contributed by atoms with Gasteiger partial charge in [0, 0.05) is 26.6 Å². The Labute approximate surface area is 175 Å². The van der Waals surface area contributed by atoms with E-state index in [2.05, 4.69) is 33.1 Å². The van der Waals surface area contributed by atoms with Crippen LogP contribution in [0.1, 0.15) is 28.3 Å². The molecule has 4 nitrogen and oxygen atoms in total. The fraction of sp³-hybridized carbons (Fsp3) is 0.150. The van der Waals surface area contributed by atoms with Crippen LogP contribution in [-0.4, -0.2) is 11.2 Å². The minimum Gasteiger partial charge on any atom is -0.392 e. The smallest absolute Gasteiger partial charge is 0.114 e. The molecule has 2 heterocycles. The molecule has 134 valence electrons. The van der Waals surface area contributed by atoms with Gasteiger partial charge in [0.15, 0.2) is 0 Å². The number of allylic oxidation sites excluding steroid dienone is 2. The molecule has 1 aliphatic heterocycles. The van der Waals surface area contributed by atoms with E-state index in [-0.39, 0.29) is 5.92 Å². The Morgan fingerprint density at radius 2 is 1.93 bits per heavy atom. The molecule has 0 saturated heterocycles. The molecule has 3 rings (SSSR count). The Balaban J connectivity index is 2.13. The summed E-state index contributed by atoms with van der Waals surface area (Å²) in [6.07, 6.45) is 3.94. The Bertz CT molecular complexity index is 1040. The maximum absolute atomic E-state index is 9.61. The molecule has 0 saturated carbocycles. The van der Waals surface area contributed by atoms with E-state index in [4.69, 9.17) is 5.73 Å². The monoisotopic (exact) mass is 454 g/mol. The second kappa shape index (κ2) is 8.22. The zero-order chi connectivity index (χ0) is 19.6. The first kappa shape index (κ1) is 19.6. The summed E-state index contributed by atoms with van der Waals surface area (Å²) in [4.78, 5) is 5.48. The van der Waals surface area contributed by atoms with Crippen LogP contribution in [0.25, 0.3) is 4.91 Å². The predicted molar refractivity (Wildman–Crippen MR) is 115 cm³/mol. The van der Waals surface area contributed by atoms with Gasteiger partial charge in [-0.05, 0) is 36.9 Å². The molecule has 1 aromatic carbocycles. The molecule has 0 fully saturated rings. The zero-order valence-corrected chi connectivity index (χ0v) is 17.9. The van der Waals surface area contributed by atoms with E-state index in [1.54, 1.807) is 0 Å². The molecule has 1 aliphatic rings. The van der Waals surface area contributed by atoms with Crippen molar-refractivity contribution in [2.75, 3.05) is 6.26 Å². The lowest BCUT2D eigenvalue weighted by Crippen LogP contribution is -2.11. The Hall–Kier alpha value is -2.19. The Morgan fingerprint density at radius 3 is 2.52 bits per heavy atom. The van der Waals surface area contributed by atoms with Crippen molar-refractivity contribution < 1.29 is 0 Å². The van der Waals surface area contributed by atoms with Gasteiger partial charge in [0.05, 0.1) is 22.2 Å². The van der Waals surface area contributed by atoms with Gasteiger partial charge in [-0.2, -0.15) is 10.5 Å². The van der Waals surface area contributed by atoms with Gasteiger partial charge >= 0.3 is 0 Å². The second-order valence-electron chi connectivity index (χ2n) is 5.84. The lowest BCUT2D eigenvalue weighted by atomic mass is 9.90. The second-order valence-corrected chi connectivity index (χ2v) is 8.64. The highest BCUT2D eigenvalue weighted by molar-refractivity contribution is 9.10. The van der Waals surface area contributed by atoms with Gasteiger partial charge in [-0.25, -0.2) is 4.98 Å². The SMILES string of the molecule is CSc1nc(C)c(C2=C[C@H](c3ccc(Br)cc3)C(C#N)=C(N)S2)cc1C#N. The maximum atomic E-state index is 9.61. The van der Waals surface area contributed by atoms with Crippen LogP contribution in [-0.2, 0) is 0 Å². The highest BCUT2D eigenvalue weighted by Gasteiger charge is 2.26. The highest BCUT2D eigenvalue weighted by atomic mass is 79.9. The lowest BCUT2D eigenvalue weighted by Gasteiger charge is -2.23. The normalized spacial score (nSPS) is 16.5. The lowest BCUT2D eigenvalue weighted by molar-refractivity contribution is 1.01. The number of aromatic nitrogens is 1. The first-order valence-corrected chi connectivity index (χ1v) is 10.8. The third-order valence-electron chi connectivity index (χ3n) is 4.22. The molecule has 0 aliphatic carbocycles. The van der Waals surface area contributed by atoms with E-state index in [0.717, 1.165) is 26.2 Å². The molecule has 27 heavy (non-hydrogen) atoms. The summed E-state index contributed by atoms with van der Waals surface area (Å²) in [5.74, 6) is -0.232. The molecule has 0 amide bonds. The van der Waals surface area contributed by atoms with Crippen molar-refractivity contribution in [1.29, 1.82) is 10.5 Å². The Kier molecular flexibility index (Phi) is 5.96. The van der Waals surface area contributed by atoms with Crippen molar-refractivity contribution in [1.82, 2.24) is 4.98 Å². The van der Waals surface area contributed by atoms with Crippen LogP contribution in [0.15, 0.2) is 56.5 Å². The number of nitrogens with two attached hydrogens (primary N) is 1. The first-order chi connectivity index (χ1) is 13.0. The van der Waals surface area contributed by atoms with Crippen LogP contribution in [0.2, 0.25) is 0 Å². The van der Waals surface area contributed by atoms with E-state index in [1.807, 2.05) is 49.6 Å². The van der Waals surface area contributed by atoms with Crippen LogP contribution < -0.4 is 5.73 Å². The van der Waals surface area contributed by atoms with Gasteiger partial charge < -0.3 is 5.73 Å². The first-order valence-electron chi connectivity index (χ1n) is 7.99. The largest absolute Gasteiger partial charge is 0.392 e. The summed E-state index contributed by atoms with van der Waals surface area (Å²) >= 11 is 6.24. The van der Waals surface area contributed by atoms with Crippen molar-refractivity contribution in [3.05, 3.63) is 73.9 Å². The maximum Gasteiger partial charge on any atom is 0.114 e. The number of thioether (sulfide) groups is 2. The van der Waals surface area contributed by atoms with E-state index >= 15 is 0 Å². The zero-order valence-electron chi connectivity index (χ0n) is 14.7. The number of aryl methyl sites for hydroxylation is 1. The summed E-state index contributed by atoms with van der Waals surface area (Å²) in [6, 6.07) is 14.2. The predicted octanol–water partition coefficient (Wildman–Crippen LogP) is 5.31. The van der Waals surface area contributed by atoms with Crippen LogP contribution in [0.4, 0.5) is 0 Å². The molecule has 1 atom stereocenters. The number of pyridine rings is 1. The molecule has 2 N–H and O–H groups in total. The summed E-state index contributed by atoms with van der Waals surface area (Å²) in [5, 5.41) is 20.2. The quantitative estimate of drug-likeness (QED) is 0.631. The van der Waals surface area contributed by atoms with Gasteiger partial charge in [0.1, 0.15) is 11.1 Å². The molecule has 0 spiro atoms. The van der Waals surface area contributed by atoms with Crippen LogP contribution in [0.3, 0.4) is 0 Å². The number of halogens is 1. The summed E-state index contributed by atoms with van der Waals surface area (Å²) < 4.78 is 0.974. The number of nitriles is 2. The van der Waals surface area contributed by atoms with Gasteiger partial charge in [0.25, 0.3) is 0 Å². The van der Waals surface area contributed by atoms with E-state index < -0.39 is 0 Å². The fourth-order valence-corrected chi connectivity index (χ4v) is 4.72. The molecule has 0 unspecified atom stereocenters. The van der Waals surface area contributed by atoms with Crippen molar-refractivity contribution in [3.8, 4) is 12.1 Å². The molecular weight excluding hydrogens is 440 g/mol. The van der Waals surface area contributed by atoms with Gasteiger partial charge in [-0.15, -0.1) is 11.8 Å². The molecule has 0 radical (unpaired) electrons. The van der Waals surface area contributed by atoms with E-state index in [0.29, 0.717) is 21.2 Å². The Morgan fingerprint density at radius 1 is 1.22 bits per heavy atom. The van der Waals surface area contributed by atoms with Crippen molar-refractivity contribution in [2.45, 2.75) is 17.9 Å². The molecular formula is C20H15BrN4S2. The standard InChI is InChI=1S/C20H15BrN4S2/c1-11-15(7-13(9-22)20(25-11)26-2)18-8-16(17(10-23)19(24)27-18)12-3-5-14(21)6-4-12/h3-8,16H,24H2,1-2H3/t16-/m1/s1. The minimum atomic E-state index is -0.232. The van der Waals surface area contributed by atoms with Crippen LogP contribution in [0, 0.1) is 29.6 Å². The number of hydrogen-bond donors (Lipinski definition) is 1. The third kappa shape index (κ3) is 3.91. The van der Waals surface area contributed by atoms with Crippen molar-refractivity contribution in [3.63, 3.8) is 0 Å². The molecule has 1 aromatic heterocycles. The topological polar surface area (TPSA) is 86.5 Å². The van der Waals surface area contributed by atoms with E-state index in [1.165, 1.54) is 23.5 Å². The van der Waals surface area contributed by atoms with Gasteiger partial charge in [0.2, 0.25) is 0 Å². The fourth-order valence-electron chi connectivity index (χ4n) is 2.87. The molecule has 0 bridgehead atoms. The van der Waals surface area contributed by atoms with Crippen LogP contribution >= 0.6 is 39.5 Å². The minimum absolute atomic E-state index is 0.232. The number of nitrogens with zero attached hydrogens (tertiary/aromatic N) is 3. The van der Waals surface area contributed by atoms with Gasteiger partial charge in [-0.1, -0.05) is 45.9 Å². The summed E-state index contributed by atoms with van der Waals surface area (Å²) in [5.41, 5.74) is 10.0. The van der Waals surface area contributed by atoms with Crippen molar-refractivity contribution in [2.24, 2.45) is 5.73 Å². The summed E-state index contributed by atoms with van der Waals surface area (Å²) in [6.45, 7) is 1.92. The number of benzene rings is 1.